The van der Waals surface area contributed by atoms with E-state index in [1.165, 1.54) is 56.2 Å². The van der Waals surface area contributed by atoms with Crippen LogP contribution in [0.2, 0.25) is 0 Å². The molecular formula is C89H104F4N22O14. The third-order valence-electron chi connectivity index (χ3n) is 27.9. The van der Waals surface area contributed by atoms with Gasteiger partial charge in [-0.2, -0.15) is 27.5 Å². The zero-order valence-electron chi connectivity index (χ0n) is 72.9. The molecule has 8 fully saturated rings. The Bertz CT molecular complexity index is 5510. The molecule has 13 heterocycles. The molecule has 129 heavy (non-hydrogen) atoms. The standard InChI is InChI=1S/C89H104F4N22O14/c1-50(2)112-48-89(92,93)83(127)111(52(4)72(112)100-84(94-5)96-61-16-12-53(40-67(61)128-7)74(118)102-109-31-23-55(24-32-109)107-44-86(45-107)27-36-105(37-28-86)57-14-15-58-60(42-57)80(124)114(78(58)122)64-18-20-69(116)98-76(64)120)35-22-51(3)113-49-88(90,91)82(126)104(6)66-43-95-85(101-73(66)113)97-62-17-13-54(41-68(62)129-8)75(119)103-110-33-25-56(26-34-110)108-46-87(47-108)29-38-106(39-30-87)63-11-9-10-59-71(63)81(125)115(79(59)123)65-19-21-70(117)99-77(65)121/h9-17,40-43,50-51,55-56,64-65H,5,18-39,44-49H2,1-4,6-8H3,(H,96,100)(H,102,118)(H,103,119)(H,95,97,101)(H,98,116,120)(H,99,117,121). The first-order valence-electron chi connectivity index (χ1n) is 43.9. The SMILES string of the molecule is C=NC(=NC1=C(C)N(CCC(C)N2CC(F)(F)C(=O)N(C)c3cnc(Nc4ccc(C(=O)NN5CCC(N6CC7(CCN(c8cccc9c8C(=O)N(C8CCC(=O)NC8=O)C9=O)CC7)C6)CC5)cc4OC)nc32)C(=O)C(F)(F)CN1C(C)C)Nc1ccc(C(=O)NN2CCC(N3CC4(CCN(c5ccc6c(c5)C(=O)N(C5CCC(=O)NC5=O)C6=O)CC4)C3)CC2)cc1OC. The van der Waals surface area contributed by atoms with E-state index in [2.05, 4.69) is 68.4 Å². The lowest BCUT2D eigenvalue weighted by Gasteiger charge is -2.57. The number of nitrogens with one attached hydrogen (secondary N) is 6. The average molecular weight is 1780 g/mol. The van der Waals surface area contributed by atoms with E-state index < -0.39 is 127 Å². The van der Waals surface area contributed by atoms with Gasteiger partial charge in [0.15, 0.2) is 11.6 Å². The molecule has 0 saturated carbocycles. The number of nitrogens with zero attached hydrogens (tertiary/aromatic N) is 16. The second kappa shape index (κ2) is 34.8. The molecule has 6 N–H and O–H groups in total. The van der Waals surface area contributed by atoms with Crippen molar-refractivity contribution in [2.75, 3.05) is 150 Å². The van der Waals surface area contributed by atoms with Crippen molar-refractivity contribution in [3.05, 3.63) is 124 Å². The van der Waals surface area contributed by atoms with Gasteiger partial charge >= 0.3 is 11.8 Å². The van der Waals surface area contributed by atoms with Crippen LogP contribution in [0.15, 0.2) is 100 Å². The van der Waals surface area contributed by atoms with Crippen molar-refractivity contribution in [1.82, 2.24) is 70.9 Å². The van der Waals surface area contributed by atoms with Gasteiger partial charge in [0.25, 0.3) is 47.3 Å². The summed E-state index contributed by atoms with van der Waals surface area (Å²) in [6.07, 6.45) is 8.09. The fourth-order valence-corrected chi connectivity index (χ4v) is 20.4. The Morgan fingerprint density at radius 2 is 1.11 bits per heavy atom. The first-order chi connectivity index (χ1) is 61.6. The lowest BCUT2D eigenvalue weighted by molar-refractivity contribution is -0.156. The molecule has 3 unspecified atom stereocenters. The molecular weight excluding hydrogens is 1680 g/mol. The van der Waals surface area contributed by atoms with E-state index in [0.717, 1.165) is 123 Å². The number of hydrogen-bond acceptors (Lipinski definition) is 26. The minimum Gasteiger partial charge on any atom is -0.495 e. The van der Waals surface area contributed by atoms with E-state index >= 15 is 17.6 Å². The summed E-state index contributed by atoms with van der Waals surface area (Å²) in [5, 5.41) is 14.4. The number of ether oxygens (including phenoxy) is 2. The Balaban J connectivity index is 0.491. The maximum atomic E-state index is 16.5. The minimum absolute atomic E-state index is 0.0348. The molecule has 682 valence electrons. The third-order valence-corrected chi connectivity index (χ3v) is 27.9. The number of aromatic nitrogens is 2. The van der Waals surface area contributed by atoms with E-state index in [1.807, 2.05) is 22.2 Å². The topological polar surface area (TPSA) is 385 Å². The predicted octanol–water partition coefficient (Wildman–Crippen LogP) is 6.21. The number of rotatable bonds is 21. The summed E-state index contributed by atoms with van der Waals surface area (Å²) in [4.78, 5) is 192. The van der Waals surface area contributed by atoms with E-state index in [9.17, 15) is 57.5 Å². The second-order valence-electron chi connectivity index (χ2n) is 36.1. The van der Waals surface area contributed by atoms with Gasteiger partial charge in [-0.15, -0.1) is 0 Å². The zero-order valence-corrected chi connectivity index (χ0v) is 72.9. The molecule has 12 amide bonds. The zero-order chi connectivity index (χ0) is 91.2. The molecule has 8 saturated heterocycles. The van der Waals surface area contributed by atoms with Crippen molar-refractivity contribution in [1.29, 1.82) is 0 Å². The predicted molar refractivity (Wildman–Crippen MR) is 464 cm³/mol. The van der Waals surface area contributed by atoms with Crippen molar-refractivity contribution in [3.8, 4) is 11.5 Å². The number of alkyl halides is 4. The number of likely N-dealkylation sites (tertiary alicyclic amines) is 2. The number of hydrogen-bond donors (Lipinski definition) is 6. The Morgan fingerprint density at radius 3 is 1.66 bits per heavy atom. The highest BCUT2D eigenvalue weighted by Gasteiger charge is 2.55. The van der Waals surface area contributed by atoms with Crippen LogP contribution in [0.4, 0.5) is 57.8 Å². The van der Waals surface area contributed by atoms with Crippen molar-refractivity contribution >= 4 is 124 Å². The van der Waals surface area contributed by atoms with Crippen LogP contribution in [0.25, 0.3) is 0 Å². The number of aliphatic imine (C=N–C) groups is 2. The van der Waals surface area contributed by atoms with Gasteiger partial charge in [0.1, 0.15) is 29.3 Å². The molecule has 17 rings (SSSR count). The smallest absolute Gasteiger partial charge is 0.342 e. The van der Waals surface area contributed by atoms with Gasteiger partial charge in [0.05, 0.1) is 78.5 Å². The lowest BCUT2D eigenvalue weighted by Crippen LogP contribution is -2.64. The number of anilines is 7. The van der Waals surface area contributed by atoms with Gasteiger partial charge in [-0.05, 0) is 183 Å². The fraction of sp³-hybridized carbons (Fsp3) is 0.506. The van der Waals surface area contributed by atoms with Crippen LogP contribution in [-0.2, 0) is 28.8 Å². The number of allylic oxidation sites excluding steroid dienone is 1. The highest BCUT2D eigenvalue weighted by molar-refractivity contribution is 6.26. The van der Waals surface area contributed by atoms with Gasteiger partial charge in [-0.25, -0.2) is 20.0 Å². The largest absolute Gasteiger partial charge is 0.495 e. The second-order valence-corrected chi connectivity index (χ2v) is 36.1. The van der Waals surface area contributed by atoms with Crippen LogP contribution in [-0.4, -0.2) is 300 Å². The van der Waals surface area contributed by atoms with Gasteiger partial charge in [0.2, 0.25) is 35.5 Å². The van der Waals surface area contributed by atoms with Crippen molar-refractivity contribution in [2.45, 2.75) is 159 Å². The number of carbonyl (C=O) groups is 12. The van der Waals surface area contributed by atoms with Crippen LogP contribution in [0.1, 0.15) is 173 Å². The normalized spacial score (nSPS) is 23.2. The van der Waals surface area contributed by atoms with Crippen LogP contribution >= 0.6 is 0 Å². The van der Waals surface area contributed by atoms with E-state index in [1.54, 1.807) is 62.4 Å². The molecule has 0 aliphatic carbocycles. The number of piperidine rings is 6. The molecule has 12 aliphatic heterocycles. The number of carbonyl (C=O) groups excluding carboxylic acids is 12. The average Bonchev–Trinajstić information content (AvgIpc) is 1.68. The lowest BCUT2D eigenvalue weighted by atomic mass is 9.70. The van der Waals surface area contributed by atoms with Crippen molar-refractivity contribution < 1.29 is 84.6 Å². The molecule has 0 radical (unpaired) electrons. The number of guanidine groups is 1. The summed E-state index contributed by atoms with van der Waals surface area (Å²) >= 11 is 0. The Labute approximate surface area is 741 Å². The van der Waals surface area contributed by atoms with Crippen LogP contribution in [0, 0.1) is 10.8 Å². The summed E-state index contributed by atoms with van der Waals surface area (Å²) in [5.41, 5.74) is 9.78. The molecule has 36 nitrogen and oxygen atoms in total. The fourth-order valence-electron chi connectivity index (χ4n) is 20.4. The number of methoxy groups -OCH3 is 2. The first kappa shape index (κ1) is 88.5. The van der Waals surface area contributed by atoms with E-state index in [-0.39, 0.29) is 134 Å². The summed E-state index contributed by atoms with van der Waals surface area (Å²) in [6, 6.07) is 16.6. The molecule has 2 spiro atoms. The molecule has 4 aromatic carbocycles. The highest BCUT2D eigenvalue weighted by atomic mass is 19.3. The first-order valence-corrected chi connectivity index (χ1v) is 43.9. The number of imide groups is 4. The number of halogens is 4. The summed E-state index contributed by atoms with van der Waals surface area (Å²) < 4.78 is 77.1. The van der Waals surface area contributed by atoms with Crippen LogP contribution in [0.3, 0.4) is 0 Å². The van der Waals surface area contributed by atoms with Crippen LogP contribution in [0.5, 0.6) is 11.5 Å². The van der Waals surface area contributed by atoms with E-state index in [4.69, 9.17) is 19.5 Å². The van der Waals surface area contributed by atoms with Crippen LogP contribution < -0.4 is 61.2 Å². The summed E-state index contributed by atoms with van der Waals surface area (Å²) in [5.74, 6) is -16.4. The third kappa shape index (κ3) is 16.9. The molecule has 12 aliphatic rings. The van der Waals surface area contributed by atoms with Gasteiger partial charge in [-0.1, -0.05) is 6.07 Å². The summed E-state index contributed by atoms with van der Waals surface area (Å²) in [6.45, 7) is 16.2. The molecule has 0 bridgehead atoms. The van der Waals surface area contributed by atoms with E-state index in [0.29, 0.717) is 57.0 Å². The summed E-state index contributed by atoms with van der Waals surface area (Å²) in [7, 11) is 3.96. The maximum Gasteiger partial charge on any atom is 0.342 e. The van der Waals surface area contributed by atoms with Crippen molar-refractivity contribution in [3.63, 3.8) is 0 Å². The molecule has 3 atom stereocenters. The van der Waals surface area contributed by atoms with Crippen molar-refractivity contribution in [2.24, 2.45) is 20.8 Å². The van der Waals surface area contributed by atoms with Gasteiger partial charge < -0.3 is 49.5 Å². The molecule has 40 heteroatoms. The number of benzene rings is 4. The Kier molecular flexibility index (Phi) is 23.9. The monoisotopic (exact) mass is 1780 g/mol. The Morgan fingerprint density at radius 1 is 0.589 bits per heavy atom. The number of hydrazine groups is 2. The maximum absolute atomic E-state index is 16.5. The molecule has 5 aromatic rings. The molecule has 1 aromatic heterocycles. The Hall–Kier alpha value is -12.6. The highest BCUT2D eigenvalue weighted by Crippen LogP contribution is 2.48. The number of fused-ring (bicyclic) bond motifs is 3. The number of amides is 12. The van der Waals surface area contributed by atoms with Gasteiger partial charge in [0, 0.05) is 146 Å². The quantitative estimate of drug-likeness (QED) is 0.0206. The van der Waals surface area contributed by atoms with Gasteiger partial charge in [-0.3, -0.25) is 98.6 Å². The minimum atomic E-state index is -4.01.